The molecule has 2 amide bonds. The average Bonchev–Trinajstić information content (AvgIpc) is 2.73. The van der Waals surface area contributed by atoms with Crippen molar-refractivity contribution in [3.05, 3.63) is 96.1 Å². The predicted octanol–water partition coefficient (Wildman–Crippen LogP) is 3.80. The molecule has 1 atom stereocenters. The molecule has 3 aromatic carbocycles. The number of amides is 2. The summed E-state index contributed by atoms with van der Waals surface area (Å²) in [5.74, 6) is 0.708. The van der Waals surface area contributed by atoms with E-state index in [-0.39, 0.29) is 13.0 Å². The third-order valence-electron chi connectivity index (χ3n) is 4.20. The lowest BCUT2D eigenvalue weighted by atomic mass is 10.1. The van der Waals surface area contributed by atoms with E-state index < -0.39 is 18.0 Å². The van der Waals surface area contributed by atoms with Crippen LogP contribution in [0.5, 0.6) is 11.5 Å². The lowest BCUT2D eigenvalue weighted by molar-refractivity contribution is -0.147. The number of primary amides is 1. The van der Waals surface area contributed by atoms with Crippen molar-refractivity contribution in [2.24, 2.45) is 5.73 Å². The zero-order valence-electron chi connectivity index (χ0n) is 15.8. The van der Waals surface area contributed by atoms with Gasteiger partial charge in [0.1, 0.15) is 24.1 Å². The minimum absolute atomic E-state index is 0.00751. The number of nitrogens with two attached hydrogens (primary N) is 1. The van der Waals surface area contributed by atoms with Crippen molar-refractivity contribution in [2.45, 2.75) is 19.1 Å². The molecule has 0 saturated carbocycles. The molecular weight excluding hydrogens is 368 g/mol. The van der Waals surface area contributed by atoms with Crippen LogP contribution in [0.1, 0.15) is 11.1 Å². The number of carbonyl (C=O) groups excluding carboxylic acids is 2. The Morgan fingerprint density at radius 1 is 0.862 bits per heavy atom. The van der Waals surface area contributed by atoms with Crippen LogP contribution in [-0.4, -0.2) is 18.0 Å². The molecule has 0 aromatic heterocycles. The zero-order chi connectivity index (χ0) is 20.5. The number of urea groups is 1. The molecule has 6 heteroatoms. The van der Waals surface area contributed by atoms with Gasteiger partial charge in [-0.15, -0.1) is 0 Å². The van der Waals surface area contributed by atoms with E-state index in [9.17, 15) is 9.59 Å². The molecular formula is C23H22N2O4. The lowest BCUT2D eigenvalue weighted by Crippen LogP contribution is -2.45. The van der Waals surface area contributed by atoms with Crippen LogP contribution in [-0.2, 0) is 22.6 Å². The van der Waals surface area contributed by atoms with Crippen LogP contribution in [0.15, 0.2) is 84.9 Å². The van der Waals surface area contributed by atoms with Gasteiger partial charge in [-0.2, -0.15) is 0 Å². The number of hydrogen-bond donors (Lipinski definition) is 2. The van der Waals surface area contributed by atoms with Crippen molar-refractivity contribution >= 4 is 12.0 Å². The van der Waals surface area contributed by atoms with Gasteiger partial charge >= 0.3 is 12.0 Å². The molecule has 0 aliphatic heterocycles. The van der Waals surface area contributed by atoms with Gasteiger partial charge in [-0.1, -0.05) is 66.7 Å². The summed E-state index contributed by atoms with van der Waals surface area (Å²) in [5, 5.41) is 2.45. The van der Waals surface area contributed by atoms with Crippen LogP contribution in [0.3, 0.4) is 0 Å². The SMILES string of the molecule is NC(=O)N[C@@H](Cc1ccccc1)C(=O)OCc1ccccc1Oc1ccccc1. The topological polar surface area (TPSA) is 90.7 Å². The smallest absolute Gasteiger partial charge is 0.329 e. The number of carbonyl (C=O) groups is 2. The Hall–Kier alpha value is -3.80. The number of esters is 1. The molecule has 0 radical (unpaired) electrons. The fourth-order valence-electron chi connectivity index (χ4n) is 2.80. The van der Waals surface area contributed by atoms with Crippen LogP contribution >= 0.6 is 0 Å². The maximum atomic E-state index is 12.6. The zero-order valence-corrected chi connectivity index (χ0v) is 15.8. The van der Waals surface area contributed by atoms with Gasteiger partial charge in [0.2, 0.25) is 0 Å². The number of hydrogen-bond acceptors (Lipinski definition) is 4. The minimum atomic E-state index is -0.878. The largest absolute Gasteiger partial charge is 0.459 e. The first-order chi connectivity index (χ1) is 14.1. The Bertz CT molecular complexity index is 945. The van der Waals surface area contributed by atoms with E-state index in [4.69, 9.17) is 15.2 Å². The molecule has 148 valence electrons. The van der Waals surface area contributed by atoms with E-state index in [1.54, 1.807) is 6.07 Å². The maximum absolute atomic E-state index is 12.6. The van der Waals surface area contributed by atoms with Crippen LogP contribution in [0.2, 0.25) is 0 Å². The molecule has 3 N–H and O–H groups in total. The lowest BCUT2D eigenvalue weighted by Gasteiger charge is -2.17. The summed E-state index contributed by atoms with van der Waals surface area (Å²) in [5.41, 5.74) is 6.82. The van der Waals surface area contributed by atoms with Crippen molar-refractivity contribution in [3.8, 4) is 11.5 Å². The van der Waals surface area contributed by atoms with Gasteiger partial charge in [-0.05, 0) is 23.8 Å². The second-order valence-electron chi connectivity index (χ2n) is 6.38. The first-order valence-electron chi connectivity index (χ1n) is 9.19. The van der Waals surface area contributed by atoms with Gasteiger partial charge in [-0.25, -0.2) is 9.59 Å². The van der Waals surface area contributed by atoms with E-state index in [1.165, 1.54) is 0 Å². The Kier molecular flexibility index (Phi) is 6.84. The fraction of sp³-hybridized carbons (Fsp3) is 0.130. The Labute approximate surface area is 169 Å². The van der Waals surface area contributed by atoms with Gasteiger partial charge < -0.3 is 20.5 Å². The van der Waals surface area contributed by atoms with Crippen LogP contribution in [0, 0.1) is 0 Å². The normalized spacial score (nSPS) is 11.3. The summed E-state index contributed by atoms with van der Waals surface area (Å²) in [4.78, 5) is 23.9. The van der Waals surface area contributed by atoms with E-state index in [2.05, 4.69) is 5.32 Å². The maximum Gasteiger partial charge on any atom is 0.329 e. The summed E-state index contributed by atoms with van der Waals surface area (Å²) in [6, 6.07) is 24.3. The number of nitrogens with one attached hydrogen (secondary N) is 1. The highest BCUT2D eigenvalue weighted by Crippen LogP contribution is 2.25. The van der Waals surface area contributed by atoms with Crippen molar-refractivity contribution in [1.82, 2.24) is 5.32 Å². The predicted molar refractivity (Wildman–Crippen MR) is 109 cm³/mol. The standard InChI is InChI=1S/C23H22N2O4/c24-23(27)25-20(15-17-9-3-1-4-10-17)22(26)28-16-18-11-7-8-14-21(18)29-19-12-5-2-6-13-19/h1-14,20H,15-16H2,(H3,24,25,27)/t20-/m0/s1. The van der Waals surface area contributed by atoms with E-state index >= 15 is 0 Å². The summed E-state index contributed by atoms with van der Waals surface area (Å²) in [6.45, 7) is 0.00751. The van der Waals surface area contributed by atoms with Crippen molar-refractivity contribution < 1.29 is 19.1 Å². The Morgan fingerprint density at radius 3 is 2.17 bits per heavy atom. The third kappa shape index (κ3) is 6.10. The van der Waals surface area contributed by atoms with Gasteiger partial charge in [-0.3, -0.25) is 0 Å². The fourth-order valence-corrected chi connectivity index (χ4v) is 2.80. The summed E-state index contributed by atoms with van der Waals surface area (Å²) in [7, 11) is 0. The van der Waals surface area contributed by atoms with Crippen LogP contribution in [0.25, 0.3) is 0 Å². The monoisotopic (exact) mass is 390 g/mol. The molecule has 6 nitrogen and oxygen atoms in total. The molecule has 0 fully saturated rings. The summed E-state index contributed by atoms with van der Waals surface area (Å²) < 4.78 is 11.3. The summed E-state index contributed by atoms with van der Waals surface area (Å²) >= 11 is 0. The van der Waals surface area contributed by atoms with Crippen molar-refractivity contribution in [3.63, 3.8) is 0 Å². The van der Waals surface area contributed by atoms with Gasteiger partial charge in [0, 0.05) is 12.0 Å². The molecule has 3 rings (SSSR count). The number of ether oxygens (including phenoxy) is 2. The average molecular weight is 390 g/mol. The molecule has 0 bridgehead atoms. The third-order valence-corrected chi connectivity index (χ3v) is 4.20. The first-order valence-corrected chi connectivity index (χ1v) is 9.19. The van der Waals surface area contributed by atoms with Gasteiger partial charge in [0.25, 0.3) is 0 Å². The quantitative estimate of drug-likeness (QED) is 0.573. The second kappa shape index (κ2) is 9.94. The highest BCUT2D eigenvalue weighted by atomic mass is 16.5. The molecule has 29 heavy (non-hydrogen) atoms. The van der Waals surface area contributed by atoms with Crippen molar-refractivity contribution in [1.29, 1.82) is 0 Å². The first kappa shape index (κ1) is 19.9. The molecule has 0 aliphatic carbocycles. The van der Waals surface area contributed by atoms with E-state index in [0.29, 0.717) is 17.1 Å². The molecule has 0 heterocycles. The molecule has 3 aromatic rings. The van der Waals surface area contributed by atoms with Crippen molar-refractivity contribution in [2.75, 3.05) is 0 Å². The Balaban J connectivity index is 1.67. The van der Waals surface area contributed by atoms with Crippen LogP contribution in [0.4, 0.5) is 4.79 Å². The van der Waals surface area contributed by atoms with Gasteiger partial charge in [0.05, 0.1) is 0 Å². The Morgan fingerprint density at radius 2 is 1.48 bits per heavy atom. The van der Waals surface area contributed by atoms with Gasteiger partial charge in [0.15, 0.2) is 0 Å². The highest BCUT2D eigenvalue weighted by molar-refractivity contribution is 5.83. The minimum Gasteiger partial charge on any atom is -0.459 e. The number of benzene rings is 3. The molecule has 0 unspecified atom stereocenters. The number of rotatable bonds is 8. The molecule has 0 saturated heterocycles. The highest BCUT2D eigenvalue weighted by Gasteiger charge is 2.22. The number of para-hydroxylation sites is 2. The van der Waals surface area contributed by atoms with Crippen LogP contribution < -0.4 is 15.8 Å². The molecule has 0 spiro atoms. The van der Waals surface area contributed by atoms with E-state index in [1.807, 2.05) is 78.9 Å². The summed E-state index contributed by atoms with van der Waals surface area (Å²) in [6.07, 6.45) is 0.283. The molecule has 0 aliphatic rings. The van der Waals surface area contributed by atoms with E-state index in [0.717, 1.165) is 5.56 Å². The second-order valence-corrected chi connectivity index (χ2v) is 6.38.